The molecule has 1 aliphatic rings. The topological polar surface area (TPSA) is 73.9 Å². The van der Waals surface area contributed by atoms with E-state index in [9.17, 15) is 22.8 Å². The average molecular weight is 442 g/mol. The summed E-state index contributed by atoms with van der Waals surface area (Å²) in [7, 11) is 0. The summed E-state index contributed by atoms with van der Waals surface area (Å²) in [6, 6.07) is 11.1. The third kappa shape index (κ3) is 3.47. The van der Waals surface area contributed by atoms with Gasteiger partial charge in [-0.05, 0) is 36.6 Å². The van der Waals surface area contributed by atoms with Crippen molar-refractivity contribution in [3.05, 3.63) is 70.3 Å². The van der Waals surface area contributed by atoms with Gasteiger partial charge in [0, 0.05) is 36.2 Å². The second-order valence-corrected chi connectivity index (χ2v) is 8.15. The van der Waals surface area contributed by atoms with Crippen LogP contribution in [-0.4, -0.2) is 38.4 Å². The van der Waals surface area contributed by atoms with E-state index < -0.39 is 23.5 Å². The fourth-order valence-electron chi connectivity index (χ4n) is 4.68. The summed E-state index contributed by atoms with van der Waals surface area (Å²) in [5, 5.41) is 1.00. The second kappa shape index (κ2) is 7.58. The normalized spacial score (nSPS) is 15.7. The smallest absolute Gasteiger partial charge is 0.361 e. The van der Waals surface area contributed by atoms with Gasteiger partial charge >= 0.3 is 11.9 Å². The fraction of sp³-hybridized carbons (Fsp3) is 0.304. The molecule has 5 rings (SSSR count). The van der Waals surface area contributed by atoms with Gasteiger partial charge in [0.25, 0.3) is 0 Å². The van der Waals surface area contributed by atoms with Crippen LogP contribution in [0.2, 0.25) is 0 Å². The number of amides is 1. The van der Waals surface area contributed by atoms with Crippen LogP contribution in [0.4, 0.5) is 13.2 Å². The number of para-hydroxylation sites is 2. The van der Waals surface area contributed by atoms with Crippen molar-refractivity contribution in [3.8, 4) is 0 Å². The molecule has 6 nitrogen and oxygen atoms in total. The molecule has 0 bridgehead atoms. The molecule has 3 heterocycles. The zero-order chi connectivity index (χ0) is 22.5. The van der Waals surface area contributed by atoms with Gasteiger partial charge in [-0.25, -0.2) is 4.79 Å². The quantitative estimate of drug-likeness (QED) is 0.498. The number of rotatable bonds is 3. The number of hydrogen-bond acceptors (Lipinski definition) is 2. The highest BCUT2D eigenvalue weighted by molar-refractivity contribution is 5.89. The number of nitrogens with one attached hydrogen (secondary N) is 2. The first kappa shape index (κ1) is 20.4. The molecule has 0 unspecified atom stereocenters. The monoisotopic (exact) mass is 442 g/mol. The van der Waals surface area contributed by atoms with Crippen molar-refractivity contribution in [1.82, 2.24) is 19.4 Å². The molecule has 0 radical (unpaired) electrons. The van der Waals surface area contributed by atoms with Crippen LogP contribution >= 0.6 is 0 Å². The molecule has 0 aliphatic carbocycles. The molecule has 1 amide bonds. The van der Waals surface area contributed by atoms with Crippen molar-refractivity contribution in [2.24, 2.45) is 0 Å². The zero-order valence-corrected chi connectivity index (χ0v) is 17.1. The number of nitrogens with zero attached hydrogens (tertiary/aromatic N) is 2. The van der Waals surface area contributed by atoms with E-state index in [0.717, 1.165) is 22.5 Å². The minimum atomic E-state index is -4.56. The van der Waals surface area contributed by atoms with Crippen LogP contribution in [0.15, 0.2) is 53.5 Å². The Labute approximate surface area is 180 Å². The molecule has 0 atom stereocenters. The van der Waals surface area contributed by atoms with E-state index in [-0.39, 0.29) is 23.4 Å². The Morgan fingerprint density at radius 3 is 2.50 bits per heavy atom. The van der Waals surface area contributed by atoms with Crippen molar-refractivity contribution in [3.63, 3.8) is 0 Å². The Morgan fingerprint density at radius 1 is 1.03 bits per heavy atom. The Balaban J connectivity index is 1.35. The maximum Gasteiger partial charge on any atom is 0.418 e. The number of H-pyrrole nitrogens is 2. The summed E-state index contributed by atoms with van der Waals surface area (Å²) in [5.41, 5.74) is 0.547. The molecule has 0 spiro atoms. The standard InChI is InChI=1S/C23H21F3N4O2/c24-23(25,26)17-5-3-7-19-21(17)30(22(32)28-19)15-8-10-29(11-9-15)20(31)12-14-13-27-18-6-2-1-4-16(14)18/h1-7,13,15,27H,8-12H2,(H,28,32). The molecule has 166 valence electrons. The van der Waals surface area contributed by atoms with Gasteiger partial charge in [-0.3, -0.25) is 9.36 Å². The van der Waals surface area contributed by atoms with Gasteiger partial charge in [0.05, 0.1) is 23.0 Å². The van der Waals surface area contributed by atoms with Crippen molar-refractivity contribution in [2.75, 3.05) is 13.1 Å². The van der Waals surface area contributed by atoms with Crippen LogP contribution in [0.3, 0.4) is 0 Å². The predicted octanol–water partition coefficient (Wildman–Crippen LogP) is 4.24. The van der Waals surface area contributed by atoms with Gasteiger partial charge < -0.3 is 14.9 Å². The first-order valence-electron chi connectivity index (χ1n) is 10.5. The van der Waals surface area contributed by atoms with Crippen molar-refractivity contribution >= 4 is 27.8 Å². The van der Waals surface area contributed by atoms with Crippen LogP contribution in [0, 0.1) is 0 Å². The third-order valence-electron chi connectivity index (χ3n) is 6.24. The predicted molar refractivity (Wildman–Crippen MR) is 114 cm³/mol. The molecular formula is C23H21F3N4O2. The first-order chi connectivity index (χ1) is 15.3. The Bertz CT molecular complexity index is 1360. The summed E-state index contributed by atoms with van der Waals surface area (Å²) in [5.74, 6) is -0.0320. The van der Waals surface area contributed by atoms with Crippen LogP contribution in [0.25, 0.3) is 21.9 Å². The van der Waals surface area contributed by atoms with Crippen LogP contribution in [0.1, 0.15) is 30.0 Å². The molecule has 1 saturated heterocycles. The van der Waals surface area contributed by atoms with Gasteiger partial charge in [0.15, 0.2) is 0 Å². The number of hydrogen-bond donors (Lipinski definition) is 2. The molecule has 0 saturated carbocycles. The number of likely N-dealkylation sites (tertiary alicyclic amines) is 1. The van der Waals surface area contributed by atoms with Crippen LogP contribution < -0.4 is 5.69 Å². The lowest BCUT2D eigenvalue weighted by molar-refractivity contribution is -0.136. The molecular weight excluding hydrogens is 421 g/mol. The van der Waals surface area contributed by atoms with Gasteiger partial charge in [-0.1, -0.05) is 24.3 Å². The minimum Gasteiger partial charge on any atom is -0.361 e. The molecule has 2 N–H and O–H groups in total. The highest BCUT2D eigenvalue weighted by Gasteiger charge is 2.36. The third-order valence-corrected chi connectivity index (χ3v) is 6.24. The van der Waals surface area contributed by atoms with Crippen molar-refractivity contribution in [1.29, 1.82) is 0 Å². The zero-order valence-electron chi connectivity index (χ0n) is 17.1. The number of fused-ring (bicyclic) bond motifs is 2. The average Bonchev–Trinajstić information content (AvgIpc) is 3.33. The first-order valence-corrected chi connectivity index (χ1v) is 10.5. The minimum absolute atomic E-state index is 0.0320. The van der Waals surface area contributed by atoms with E-state index in [2.05, 4.69) is 9.97 Å². The highest BCUT2D eigenvalue weighted by atomic mass is 19.4. The lowest BCUT2D eigenvalue weighted by atomic mass is 10.0. The molecule has 4 aromatic rings. The van der Waals surface area contributed by atoms with E-state index in [1.807, 2.05) is 30.5 Å². The SMILES string of the molecule is O=C(Cc1c[nH]c2ccccc12)N1CCC(n2c(=O)[nH]c3cccc(C(F)(F)F)c32)CC1. The Hall–Kier alpha value is -3.49. The summed E-state index contributed by atoms with van der Waals surface area (Å²) in [4.78, 5) is 32.8. The number of halogens is 3. The largest absolute Gasteiger partial charge is 0.418 e. The van der Waals surface area contributed by atoms with Gasteiger partial charge in [-0.2, -0.15) is 13.2 Å². The molecule has 1 fully saturated rings. The summed E-state index contributed by atoms with van der Waals surface area (Å²) < 4.78 is 41.9. The van der Waals surface area contributed by atoms with E-state index in [0.29, 0.717) is 25.9 Å². The van der Waals surface area contributed by atoms with Crippen molar-refractivity contribution in [2.45, 2.75) is 31.5 Å². The summed E-state index contributed by atoms with van der Waals surface area (Å²) >= 11 is 0. The summed E-state index contributed by atoms with van der Waals surface area (Å²) in [6.45, 7) is 0.776. The molecule has 2 aromatic carbocycles. The number of carbonyl (C=O) groups excluding carboxylic acids is 1. The second-order valence-electron chi connectivity index (χ2n) is 8.15. The number of aromatic nitrogens is 3. The Kier molecular flexibility index (Phi) is 4.83. The lowest BCUT2D eigenvalue weighted by Crippen LogP contribution is -2.41. The fourth-order valence-corrected chi connectivity index (χ4v) is 4.68. The van der Waals surface area contributed by atoms with E-state index in [4.69, 9.17) is 0 Å². The van der Waals surface area contributed by atoms with Gasteiger partial charge in [0.1, 0.15) is 0 Å². The lowest BCUT2D eigenvalue weighted by Gasteiger charge is -2.33. The number of carbonyl (C=O) groups is 1. The van der Waals surface area contributed by atoms with Gasteiger partial charge in [0.2, 0.25) is 5.91 Å². The van der Waals surface area contributed by atoms with Crippen LogP contribution in [-0.2, 0) is 17.4 Å². The summed E-state index contributed by atoms with van der Waals surface area (Å²) in [6.07, 6.45) is -1.65. The van der Waals surface area contributed by atoms with Crippen LogP contribution in [0.5, 0.6) is 0 Å². The maximum absolute atomic E-state index is 13.5. The molecule has 2 aromatic heterocycles. The molecule has 1 aliphatic heterocycles. The molecule has 9 heteroatoms. The number of aromatic amines is 2. The van der Waals surface area contributed by atoms with E-state index in [1.165, 1.54) is 16.7 Å². The number of imidazole rings is 1. The van der Waals surface area contributed by atoms with E-state index >= 15 is 0 Å². The number of benzene rings is 2. The highest BCUT2D eigenvalue weighted by Crippen LogP contribution is 2.36. The molecule has 32 heavy (non-hydrogen) atoms. The number of piperidine rings is 1. The van der Waals surface area contributed by atoms with Gasteiger partial charge in [-0.15, -0.1) is 0 Å². The maximum atomic E-state index is 13.5. The number of alkyl halides is 3. The van der Waals surface area contributed by atoms with Crippen molar-refractivity contribution < 1.29 is 18.0 Å². The Morgan fingerprint density at radius 2 is 1.75 bits per heavy atom. The van der Waals surface area contributed by atoms with E-state index in [1.54, 1.807) is 4.90 Å².